The number of rotatable bonds is 2. The van der Waals surface area contributed by atoms with E-state index in [-0.39, 0.29) is 10.9 Å². The first-order valence-electron chi connectivity index (χ1n) is 6.47. The lowest BCUT2D eigenvalue weighted by Gasteiger charge is -2.27. The molecule has 1 aromatic carbocycles. The van der Waals surface area contributed by atoms with Crippen LogP contribution in [0.25, 0.3) is 0 Å². The van der Waals surface area contributed by atoms with E-state index in [1.807, 2.05) is 14.0 Å². The van der Waals surface area contributed by atoms with E-state index in [1.54, 1.807) is 22.5 Å². The summed E-state index contributed by atoms with van der Waals surface area (Å²) in [4.78, 5) is 2.45. The second kappa shape index (κ2) is 5.48. The van der Waals surface area contributed by atoms with Crippen molar-refractivity contribution >= 4 is 15.7 Å². The van der Waals surface area contributed by atoms with Crippen molar-refractivity contribution in [3.63, 3.8) is 0 Å². The number of hydrogen-bond donors (Lipinski definition) is 1. The number of nitrogen functional groups attached to an aromatic ring is 1. The third kappa shape index (κ3) is 3.08. The van der Waals surface area contributed by atoms with Gasteiger partial charge < -0.3 is 10.6 Å². The van der Waals surface area contributed by atoms with E-state index in [4.69, 9.17) is 5.73 Å². The van der Waals surface area contributed by atoms with E-state index >= 15 is 0 Å². The maximum absolute atomic E-state index is 12.7. The number of sulfonamides is 1. The Kier molecular flexibility index (Phi) is 4.13. The number of hydrogen-bond acceptors (Lipinski definition) is 4. The zero-order valence-electron chi connectivity index (χ0n) is 11.4. The van der Waals surface area contributed by atoms with Crippen molar-refractivity contribution in [1.29, 1.82) is 0 Å². The molecule has 0 bridgehead atoms. The SMILES string of the molecule is CC1CN(C)CCCN1S(=O)(=O)c1cccc(N)c1. The molecule has 1 saturated heterocycles. The molecule has 0 saturated carbocycles. The Bertz CT molecular complexity index is 545. The first-order chi connectivity index (χ1) is 8.91. The van der Waals surface area contributed by atoms with Crippen LogP contribution >= 0.6 is 0 Å². The zero-order valence-corrected chi connectivity index (χ0v) is 12.2. The van der Waals surface area contributed by atoms with Gasteiger partial charge in [-0.05, 0) is 45.1 Å². The van der Waals surface area contributed by atoms with Gasteiger partial charge in [-0.1, -0.05) is 6.07 Å². The predicted octanol–water partition coefficient (Wildman–Crippen LogP) is 0.984. The highest BCUT2D eigenvalue weighted by Crippen LogP contribution is 2.22. The largest absolute Gasteiger partial charge is 0.399 e. The average Bonchev–Trinajstić information content (AvgIpc) is 2.50. The molecule has 106 valence electrons. The van der Waals surface area contributed by atoms with Gasteiger partial charge in [0, 0.05) is 24.8 Å². The van der Waals surface area contributed by atoms with Gasteiger partial charge in [-0.25, -0.2) is 8.42 Å². The molecule has 1 unspecified atom stereocenters. The summed E-state index contributed by atoms with van der Waals surface area (Å²) in [6.45, 7) is 4.18. The normalized spacial score (nSPS) is 23.2. The summed E-state index contributed by atoms with van der Waals surface area (Å²) in [6, 6.07) is 6.47. The summed E-state index contributed by atoms with van der Waals surface area (Å²) in [5, 5.41) is 0. The molecule has 0 radical (unpaired) electrons. The standard InChI is InChI=1S/C13H21N3O2S/c1-11-10-15(2)7-4-8-16(11)19(17,18)13-6-3-5-12(14)9-13/h3,5-6,9,11H,4,7-8,10,14H2,1-2H3. The van der Waals surface area contributed by atoms with Crippen molar-refractivity contribution in [3.8, 4) is 0 Å². The van der Waals surface area contributed by atoms with E-state index in [0.29, 0.717) is 12.2 Å². The molecule has 1 atom stereocenters. The summed E-state index contributed by atoms with van der Waals surface area (Å²) < 4.78 is 26.9. The summed E-state index contributed by atoms with van der Waals surface area (Å²) in [6.07, 6.45) is 0.850. The summed E-state index contributed by atoms with van der Waals surface area (Å²) >= 11 is 0. The highest BCUT2D eigenvalue weighted by molar-refractivity contribution is 7.89. The fraction of sp³-hybridized carbons (Fsp3) is 0.538. The van der Waals surface area contributed by atoms with Gasteiger partial charge in [0.25, 0.3) is 0 Å². The molecule has 1 aromatic rings. The lowest BCUT2D eigenvalue weighted by atomic mass is 10.3. The molecule has 1 heterocycles. The van der Waals surface area contributed by atoms with E-state index in [1.165, 1.54) is 6.07 Å². The van der Waals surface area contributed by atoms with Crippen molar-refractivity contribution in [2.24, 2.45) is 0 Å². The molecule has 0 spiro atoms. The van der Waals surface area contributed by atoms with E-state index in [0.717, 1.165) is 19.5 Å². The molecular weight excluding hydrogens is 262 g/mol. The minimum Gasteiger partial charge on any atom is -0.399 e. The Balaban J connectivity index is 2.33. The molecule has 19 heavy (non-hydrogen) atoms. The number of nitrogens with two attached hydrogens (primary N) is 1. The van der Waals surface area contributed by atoms with Gasteiger partial charge >= 0.3 is 0 Å². The molecule has 2 rings (SSSR count). The molecule has 1 aliphatic rings. The monoisotopic (exact) mass is 283 g/mol. The maximum atomic E-state index is 12.7. The molecule has 5 nitrogen and oxygen atoms in total. The topological polar surface area (TPSA) is 66.6 Å². The van der Waals surface area contributed by atoms with Gasteiger partial charge in [-0.15, -0.1) is 0 Å². The van der Waals surface area contributed by atoms with Crippen molar-refractivity contribution in [2.75, 3.05) is 32.4 Å². The predicted molar refractivity (Wildman–Crippen MR) is 76.3 cm³/mol. The smallest absolute Gasteiger partial charge is 0.243 e. The average molecular weight is 283 g/mol. The fourth-order valence-electron chi connectivity index (χ4n) is 2.52. The minimum atomic E-state index is -3.45. The summed E-state index contributed by atoms with van der Waals surface area (Å²) in [5.41, 5.74) is 6.15. The first kappa shape index (κ1) is 14.3. The van der Waals surface area contributed by atoms with Crippen LogP contribution in [0.2, 0.25) is 0 Å². The Morgan fingerprint density at radius 1 is 1.32 bits per heavy atom. The van der Waals surface area contributed by atoms with E-state index in [9.17, 15) is 8.42 Å². The number of likely N-dealkylation sites (N-methyl/N-ethyl adjacent to an activating group) is 1. The second-order valence-electron chi connectivity index (χ2n) is 5.15. The zero-order chi connectivity index (χ0) is 14.0. The van der Waals surface area contributed by atoms with Crippen molar-refractivity contribution in [3.05, 3.63) is 24.3 Å². The van der Waals surface area contributed by atoms with Crippen LogP contribution in [-0.4, -0.2) is 50.3 Å². The van der Waals surface area contributed by atoms with Crippen molar-refractivity contribution in [1.82, 2.24) is 9.21 Å². The van der Waals surface area contributed by atoms with Gasteiger partial charge in [0.2, 0.25) is 10.0 Å². The van der Waals surface area contributed by atoms with Crippen LogP contribution in [0.3, 0.4) is 0 Å². The highest BCUT2D eigenvalue weighted by atomic mass is 32.2. The van der Waals surface area contributed by atoms with Crippen LogP contribution in [-0.2, 0) is 10.0 Å². The van der Waals surface area contributed by atoms with Gasteiger partial charge in [0.05, 0.1) is 4.90 Å². The third-order valence-corrected chi connectivity index (χ3v) is 5.46. The molecule has 2 N–H and O–H groups in total. The molecule has 6 heteroatoms. The van der Waals surface area contributed by atoms with Crippen molar-refractivity contribution < 1.29 is 8.42 Å². The van der Waals surface area contributed by atoms with Crippen LogP contribution in [0, 0.1) is 0 Å². The summed E-state index contributed by atoms with van der Waals surface area (Å²) in [5.74, 6) is 0. The molecule has 0 aliphatic carbocycles. The van der Waals surface area contributed by atoms with Gasteiger partial charge in [0.1, 0.15) is 0 Å². The van der Waals surface area contributed by atoms with Gasteiger partial charge in [-0.3, -0.25) is 0 Å². The highest BCUT2D eigenvalue weighted by Gasteiger charge is 2.31. The van der Waals surface area contributed by atoms with Gasteiger partial charge in [-0.2, -0.15) is 4.31 Å². The van der Waals surface area contributed by atoms with Crippen molar-refractivity contribution in [2.45, 2.75) is 24.3 Å². The molecule has 0 aromatic heterocycles. The fourth-order valence-corrected chi connectivity index (χ4v) is 4.23. The summed E-state index contributed by atoms with van der Waals surface area (Å²) in [7, 11) is -1.43. The Hall–Kier alpha value is -1.11. The molecule has 1 aliphatic heterocycles. The molecule has 1 fully saturated rings. The molecule has 0 amide bonds. The third-order valence-electron chi connectivity index (χ3n) is 3.45. The van der Waals surface area contributed by atoms with Crippen LogP contribution < -0.4 is 5.73 Å². The first-order valence-corrected chi connectivity index (χ1v) is 7.91. The quantitative estimate of drug-likeness (QED) is 0.822. The number of benzene rings is 1. The Labute approximate surface area is 115 Å². The molecular formula is C13H21N3O2S. The lowest BCUT2D eigenvalue weighted by molar-refractivity contribution is 0.290. The van der Waals surface area contributed by atoms with Gasteiger partial charge in [0.15, 0.2) is 0 Å². The lowest BCUT2D eigenvalue weighted by Crippen LogP contribution is -2.41. The minimum absolute atomic E-state index is 0.0288. The van der Waals surface area contributed by atoms with Crippen LogP contribution in [0.1, 0.15) is 13.3 Å². The Morgan fingerprint density at radius 2 is 2.05 bits per heavy atom. The van der Waals surface area contributed by atoms with E-state index < -0.39 is 10.0 Å². The van der Waals surface area contributed by atoms with Crippen LogP contribution in [0.15, 0.2) is 29.2 Å². The van der Waals surface area contributed by atoms with E-state index in [2.05, 4.69) is 4.90 Å². The number of nitrogens with zero attached hydrogens (tertiary/aromatic N) is 2. The van der Waals surface area contributed by atoms with Crippen LogP contribution in [0.4, 0.5) is 5.69 Å². The second-order valence-corrected chi connectivity index (χ2v) is 7.04. The van der Waals surface area contributed by atoms with Crippen LogP contribution in [0.5, 0.6) is 0 Å². The maximum Gasteiger partial charge on any atom is 0.243 e. The number of anilines is 1. The Morgan fingerprint density at radius 3 is 2.74 bits per heavy atom.